The molecule has 4 aromatic carbocycles. The number of hydrogen-bond acceptors (Lipinski definition) is 6. The van der Waals surface area contributed by atoms with Gasteiger partial charge in [0.2, 0.25) is 5.75 Å². The molecule has 0 spiro atoms. The molecule has 7 heteroatoms. The van der Waals surface area contributed by atoms with Gasteiger partial charge in [-0.1, -0.05) is 48.5 Å². The number of hydrogen-bond donors (Lipinski definition) is 1. The van der Waals surface area contributed by atoms with Crippen molar-refractivity contribution >= 4 is 29.2 Å². The fraction of sp³-hybridized carbons (Fsp3) is 0.103. The fourth-order valence-corrected chi connectivity index (χ4v) is 3.75. The maximum atomic E-state index is 12.6. The summed E-state index contributed by atoms with van der Waals surface area (Å²) >= 11 is 0. The van der Waals surface area contributed by atoms with Crippen molar-refractivity contribution in [3.8, 4) is 17.2 Å². The van der Waals surface area contributed by atoms with E-state index in [0.717, 1.165) is 22.6 Å². The Labute approximate surface area is 210 Å². The lowest BCUT2D eigenvalue weighted by atomic mass is 10.1. The molecule has 7 nitrogen and oxygen atoms in total. The smallest absolute Gasteiger partial charge is 0.271 e. The molecule has 36 heavy (non-hydrogen) atoms. The maximum absolute atomic E-state index is 12.6. The minimum absolute atomic E-state index is 0.332. The molecule has 0 aliphatic carbocycles. The highest BCUT2D eigenvalue weighted by molar-refractivity contribution is 5.96. The predicted octanol–water partition coefficient (Wildman–Crippen LogP) is 5.95. The summed E-state index contributed by atoms with van der Waals surface area (Å²) in [5.41, 5.74) is 6.84. The number of para-hydroxylation sites is 2. The van der Waals surface area contributed by atoms with Crippen LogP contribution in [0.5, 0.6) is 17.2 Å². The van der Waals surface area contributed by atoms with Gasteiger partial charge in [0.1, 0.15) is 0 Å². The van der Waals surface area contributed by atoms with E-state index in [1.54, 1.807) is 18.3 Å². The first kappa shape index (κ1) is 24.3. The first-order valence-corrected chi connectivity index (χ1v) is 11.3. The third kappa shape index (κ3) is 5.47. The Bertz CT molecular complexity index is 1260. The van der Waals surface area contributed by atoms with Gasteiger partial charge in [-0.2, -0.15) is 5.10 Å². The second-order valence-corrected chi connectivity index (χ2v) is 7.71. The number of hydrazone groups is 1. The van der Waals surface area contributed by atoms with Crippen LogP contribution in [0.25, 0.3) is 0 Å². The van der Waals surface area contributed by atoms with Gasteiger partial charge < -0.3 is 19.1 Å². The number of carbonyl (C=O) groups excluding carboxylic acids is 1. The molecule has 0 saturated carbocycles. The SMILES string of the molecule is COc1cc(C(=O)N/N=C/c2ccc(N(c3ccccc3)c3ccccc3)cc2)cc(OC)c1OC. The lowest BCUT2D eigenvalue weighted by Crippen LogP contribution is -2.18. The van der Waals surface area contributed by atoms with E-state index in [1.165, 1.54) is 21.3 Å². The quantitative estimate of drug-likeness (QED) is 0.236. The molecule has 0 aliphatic heterocycles. The topological polar surface area (TPSA) is 72.4 Å². The van der Waals surface area contributed by atoms with Gasteiger partial charge in [0.05, 0.1) is 27.5 Å². The van der Waals surface area contributed by atoms with Crippen LogP contribution in [-0.2, 0) is 0 Å². The molecular formula is C29H27N3O4. The van der Waals surface area contributed by atoms with Crippen LogP contribution in [0.1, 0.15) is 15.9 Å². The summed E-state index contributed by atoms with van der Waals surface area (Å²) in [6.07, 6.45) is 1.59. The zero-order chi connectivity index (χ0) is 25.3. The summed E-state index contributed by atoms with van der Waals surface area (Å²) in [7, 11) is 4.50. The monoisotopic (exact) mass is 481 g/mol. The van der Waals surface area contributed by atoms with Crippen molar-refractivity contribution in [2.75, 3.05) is 26.2 Å². The van der Waals surface area contributed by atoms with Crippen LogP contribution >= 0.6 is 0 Å². The van der Waals surface area contributed by atoms with Crippen LogP contribution in [0.2, 0.25) is 0 Å². The third-order valence-electron chi connectivity index (χ3n) is 5.49. The highest BCUT2D eigenvalue weighted by atomic mass is 16.5. The van der Waals surface area contributed by atoms with Crippen LogP contribution in [0.3, 0.4) is 0 Å². The lowest BCUT2D eigenvalue weighted by Gasteiger charge is -2.25. The number of benzene rings is 4. The van der Waals surface area contributed by atoms with Crippen LogP contribution in [0, 0.1) is 0 Å². The third-order valence-corrected chi connectivity index (χ3v) is 5.49. The summed E-state index contributed by atoms with van der Waals surface area (Å²) in [5.74, 6) is 0.799. The molecule has 0 saturated heterocycles. The first-order valence-electron chi connectivity index (χ1n) is 11.3. The van der Waals surface area contributed by atoms with E-state index in [2.05, 4.69) is 39.7 Å². The summed E-state index contributed by atoms with van der Waals surface area (Å²) < 4.78 is 15.9. The molecule has 0 bridgehead atoms. The standard InChI is InChI=1S/C29H27N3O4/c1-34-26-18-22(19-27(35-2)28(26)36-3)29(33)31-30-20-21-14-16-25(17-15-21)32(23-10-6-4-7-11-23)24-12-8-5-9-13-24/h4-20H,1-3H3,(H,31,33)/b30-20+. The van der Waals surface area contributed by atoms with Gasteiger partial charge in [-0.15, -0.1) is 0 Å². The molecule has 0 atom stereocenters. The summed E-state index contributed by atoms with van der Waals surface area (Å²) in [4.78, 5) is 14.8. The number of nitrogens with one attached hydrogen (secondary N) is 1. The Balaban J connectivity index is 1.50. The van der Waals surface area contributed by atoms with Gasteiger partial charge in [-0.25, -0.2) is 5.43 Å². The molecule has 182 valence electrons. The largest absolute Gasteiger partial charge is 0.493 e. The van der Waals surface area contributed by atoms with Gasteiger partial charge in [0.15, 0.2) is 11.5 Å². The minimum atomic E-state index is -0.401. The molecular weight excluding hydrogens is 454 g/mol. The van der Waals surface area contributed by atoms with Crippen LogP contribution < -0.4 is 24.5 Å². The van der Waals surface area contributed by atoms with E-state index in [9.17, 15) is 4.79 Å². The Kier molecular flexibility index (Phi) is 7.83. The number of methoxy groups -OCH3 is 3. The summed E-state index contributed by atoms with van der Waals surface area (Å²) in [6.45, 7) is 0. The zero-order valence-corrected chi connectivity index (χ0v) is 20.3. The zero-order valence-electron chi connectivity index (χ0n) is 20.3. The second kappa shape index (κ2) is 11.6. The molecule has 0 aliphatic rings. The molecule has 0 unspecified atom stereocenters. The van der Waals surface area contributed by atoms with Crippen LogP contribution in [0.4, 0.5) is 17.1 Å². The number of ether oxygens (including phenoxy) is 3. The number of carbonyl (C=O) groups is 1. The van der Waals surface area contributed by atoms with E-state index >= 15 is 0 Å². The Hall–Kier alpha value is -4.78. The van der Waals surface area contributed by atoms with Crippen LogP contribution in [0.15, 0.2) is 102 Å². The molecule has 0 radical (unpaired) electrons. The molecule has 0 heterocycles. The average Bonchev–Trinajstić information content (AvgIpc) is 2.94. The van der Waals surface area contributed by atoms with E-state index in [1.807, 2.05) is 60.7 Å². The van der Waals surface area contributed by atoms with E-state index in [-0.39, 0.29) is 0 Å². The maximum Gasteiger partial charge on any atom is 0.271 e. The Morgan fingerprint density at radius 3 is 1.69 bits per heavy atom. The number of nitrogens with zero attached hydrogens (tertiary/aromatic N) is 2. The average molecular weight is 482 g/mol. The second-order valence-electron chi connectivity index (χ2n) is 7.71. The van der Waals surface area contributed by atoms with Crippen molar-refractivity contribution in [1.82, 2.24) is 5.43 Å². The molecule has 4 rings (SSSR count). The highest BCUT2D eigenvalue weighted by Gasteiger charge is 2.17. The summed E-state index contributed by atoms with van der Waals surface area (Å²) in [5, 5.41) is 4.11. The van der Waals surface area contributed by atoms with Gasteiger partial charge in [-0.3, -0.25) is 4.79 Å². The number of anilines is 3. The van der Waals surface area contributed by atoms with Crippen molar-refractivity contribution in [1.29, 1.82) is 0 Å². The lowest BCUT2D eigenvalue weighted by molar-refractivity contribution is 0.0954. The normalized spacial score (nSPS) is 10.6. The van der Waals surface area contributed by atoms with Gasteiger partial charge >= 0.3 is 0 Å². The minimum Gasteiger partial charge on any atom is -0.493 e. The van der Waals surface area contributed by atoms with Crippen molar-refractivity contribution in [2.45, 2.75) is 0 Å². The predicted molar refractivity (Wildman–Crippen MR) is 142 cm³/mol. The van der Waals surface area contributed by atoms with Gasteiger partial charge in [0.25, 0.3) is 5.91 Å². The van der Waals surface area contributed by atoms with Crippen molar-refractivity contribution in [3.63, 3.8) is 0 Å². The van der Waals surface area contributed by atoms with Gasteiger partial charge in [-0.05, 0) is 54.1 Å². The number of rotatable bonds is 9. The van der Waals surface area contributed by atoms with E-state index < -0.39 is 5.91 Å². The van der Waals surface area contributed by atoms with Crippen molar-refractivity contribution in [2.24, 2.45) is 5.10 Å². The highest BCUT2D eigenvalue weighted by Crippen LogP contribution is 2.38. The fourth-order valence-electron chi connectivity index (χ4n) is 3.75. The Morgan fingerprint density at radius 2 is 1.22 bits per heavy atom. The summed E-state index contributed by atoms with van der Waals surface area (Å²) in [6, 6.07) is 31.4. The van der Waals surface area contributed by atoms with E-state index in [4.69, 9.17) is 14.2 Å². The first-order chi connectivity index (χ1) is 17.6. The molecule has 0 aromatic heterocycles. The molecule has 1 amide bonds. The van der Waals surface area contributed by atoms with Crippen molar-refractivity contribution < 1.29 is 19.0 Å². The molecule has 4 aromatic rings. The molecule has 1 N–H and O–H groups in total. The van der Waals surface area contributed by atoms with E-state index in [0.29, 0.717) is 22.8 Å². The van der Waals surface area contributed by atoms with Crippen LogP contribution in [-0.4, -0.2) is 33.5 Å². The van der Waals surface area contributed by atoms with Crippen molar-refractivity contribution in [3.05, 3.63) is 108 Å². The number of amides is 1. The van der Waals surface area contributed by atoms with Gasteiger partial charge in [0, 0.05) is 22.6 Å². The molecule has 0 fully saturated rings. The Morgan fingerprint density at radius 1 is 0.722 bits per heavy atom.